The highest BCUT2D eigenvalue weighted by Gasteiger charge is 2.24. The molecule has 11 heteroatoms. The molecule has 2 unspecified atom stereocenters. The molecule has 3 aromatic heterocycles. The number of amides is 1. The molecule has 30 heavy (non-hydrogen) atoms. The van der Waals surface area contributed by atoms with Gasteiger partial charge in [-0.15, -0.1) is 0 Å². The molecule has 4 rings (SSSR count). The summed E-state index contributed by atoms with van der Waals surface area (Å²) in [6, 6.07) is 4.27. The fraction of sp³-hybridized carbons (Fsp3) is 0.316. The van der Waals surface area contributed by atoms with Crippen LogP contribution < -0.4 is 22.1 Å². The molecular formula is C19H22FN9O. The Bertz CT molecular complexity index is 1040. The zero-order valence-corrected chi connectivity index (χ0v) is 16.1. The number of anilines is 3. The van der Waals surface area contributed by atoms with Gasteiger partial charge in [-0.25, -0.2) is 24.0 Å². The molecule has 2 atom stereocenters. The van der Waals surface area contributed by atoms with Crippen molar-refractivity contribution in [2.75, 3.05) is 10.6 Å². The Hall–Kier alpha value is -3.60. The molecule has 1 amide bonds. The number of carbonyl (C=O) groups is 1. The largest absolute Gasteiger partial charge is 0.365 e. The Balaban J connectivity index is 1.64. The summed E-state index contributed by atoms with van der Waals surface area (Å²) in [5.41, 5.74) is 12.1. The molecule has 3 heterocycles. The van der Waals surface area contributed by atoms with Gasteiger partial charge in [0.15, 0.2) is 17.5 Å². The molecule has 10 nitrogen and oxygen atoms in total. The van der Waals surface area contributed by atoms with Gasteiger partial charge in [0.1, 0.15) is 18.5 Å². The molecule has 0 saturated heterocycles. The second kappa shape index (κ2) is 8.41. The van der Waals surface area contributed by atoms with E-state index in [4.69, 9.17) is 11.5 Å². The zero-order valence-electron chi connectivity index (χ0n) is 16.1. The number of hydrogen-bond donors (Lipinski definition) is 4. The Kier molecular flexibility index (Phi) is 5.53. The van der Waals surface area contributed by atoms with Crippen LogP contribution in [0, 0.1) is 5.82 Å². The Morgan fingerprint density at radius 1 is 1.23 bits per heavy atom. The van der Waals surface area contributed by atoms with Crippen LogP contribution in [-0.2, 0) is 0 Å². The first kappa shape index (κ1) is 19.7. The molecule has 1 fully saturated rings. The number of carbonyl (C=O) groups excluding carboxylic acids is 1. The lowest BCUT2D eigenvalue weighted by atomic mass is 9.91. The average Bonchev–Trinajstić information content (AvgIpc) is 3.27. The maximum Gasteiger partial charge on any atom is 0.252 e. The van der Waals surface area contributed by atoms with E-state index in [1.54, 1.807) is 18.3 Å². The van der Waals surface area contributed by atoms with Crippen molar-refractivity contribution in [1.29, 1.82) is 0 Å². The highest BCUT2D eigenvalue weighted by Crippen LogP contribution is 2.27. The van der Waals surface area contributed by atoms with Crippen molar-refractivity contribution < 1.29 is 9.18 Å². The minimum atomic E-state index is -0.796. The summed E-state index contributed by atoms with van der Waals surface area (Å²) in [5.74, 6) is -0.797. The molecule has 0 aromatic carbocycles. The maximum absolute atomic E-state index is 14.6. The third-order valence-corrected chi connectivity index (χ3v) is 5.04. The van der Waals surface area contributed by atoms with Crippen LogP contribution in [0.5, 0.6) is 0 Å². The average molecular weight is 411 g/mol. The van der Waals surface area contributed by atoms with E-state index in [-0.39, 0.29) is 29.3 Å². The van der Waals surface area contributed by atoms with Gasteiger partial charge in [-0.2, -0.15) is 5.10 Å². The van der Waals surface area contributed by atoms with Gasteiger partial charge in [0.25, 0.3) is 5.91 Å². The highest BCUT2D eigenvalue weighted by molar-refractivity contribution is 5.98. The van der Waals surface area contributed by atoms with Crippen LogP contribution in [0.4, 0.5) is 21.7 Å². The molecule has 0 bridgehead atoms. The summed E-state index contributed by atoms with van der Waals surface area (Å²) in [5, 5.41) is 10.1. The predicted octanol–water partition coefficient (Wildman–Crippen LogP) is 1.72. The van der Waals surface area contributed by atoms with Gasteiger partial charge >= 0.3 is 0 Å². The Morgan fingerprint density at radius 2 is 2.07 bits per heavy atom. The summed E-state index contributed by atoms with van der Waals surface area (Å²) in [6.07, 6.45) is 8.22. The molecule has 1 aliphatic carbocycles. The monoisotopic (exact) mass is 411 g/mol. The lowest BCUT2D eigenvalue weighted by Crippen LogP contribution is -2.43. The number of halogens is 1. The first-order valence-electron chi connectivity index (χ1n) is 9.62. The van der Waals surface area contributed by atoms with Crippen molar-refractivity contribution >= 4 is 23.2 Å². The molecule has 0 aliphatic heterocycles. The smallest absolute Gasteiger partial charge is 0.252 e. The van der Waals surface area contributed by atoms with E-state index < -0.39 is 11.7 Å². The van der Waals surface area contributed by atoms with E-state index in [2.05, 4.69) is 30.7 Å². The Labute approximate surface area is 171 Å². The summed E-state index contributed by atoms with van der Waals surface area (Å²) in [7, 11) is 0. The van der Waals surface area contributed by atoms with Crippen LogP contribution in [0.15, 0.2) is 37.1 Å². The van der Waals surface area contributed by atoms with Crippen molar-refractivity contribution in [2.24, 2.45) is 11.5 Å². The van der Waals surface area contributed by atoms with Crippen molar-refractivity contribution in [2.45, 2.75) is 37.8 Å². The predicted molar refractivity (Wildman–Crippen MR) is 109 cm³/mol. The van der Waals surface area contributed by atoms with Gasteiger partial charge < -0.3 is 22.1 Å². The second-order valence-electron chi connectivity index (χ2n) is 7.15. The van der Waals surface area contributed by atoms with Gasteiger partial charge in [0.2, 0.25) is 0 Å². The lowest BCUT2D eigenvalue weighted by molar-refractivity contribution is 0.100. The van der Waals surface area contributed by atoms with Crippen molar-refractivity contribution in [3.8, 4) is 5.82 Å². The standard InChI is InChI=1S/C19H22FN9O/c20-13-8-12(17(22)30)18(28-19(13)27-15-4-2-1-3-14(15)21)26-11-5-6-24-16(7-11)29-10-23-9-25-29/h5-10,14-15H,1-4,21H2,(H2,22,30)(H2,24,26,27,28). The van der Waals surface area contributed by atoms with Crippen molar-refractivity contribution in [3.63, 3.8) is 0 Å². The highest BCUT2D eigenvalue weighted by atomic mass is 19.1. The quantitative estimate of drug-likeness (QED) is 0.479. The summed E-state index contributed by atoms with van der Waals surface area (Å²) in [4.78, 5) is 24.3. The Morgan fingerprint density at radius 3 is 2.80 bits per heavy atom. The number of nitrogens with zero attached hydrogens (tertiary/aromatic N) is 5. The van der Waals surface area contributed by atoms with Gasteiger partial charge in [0, 0.05) is 30.0 Å². The molecule has 6 N–H and O–H groups in total. The minimum Gasteiger partial charge on any atom is -0.365 e. The second-order valence-corrected chi connectivity index (χ2v) is 7.15. The fourth-order valence-electron chi connectivity index (χ4n) is 3.47. The molecule has 0 spiro atoms. The first-order valence-corrected chi connectivity index (χ1v) is 9.62. The molecule has 3 aromatic rings. The molecular weight excluding hydrogens is 389 g/mol. The van der Waals surface area contributed by atoms with E-state index in [9.17, 15) is 9.18 Å². The summed E-state index contributed by atoms with van der Waals surface area (Å²) < 4.78 is 16.1. The maximum atomic E-state index is 14.6. The van der Waals surface area contributed by atoms with Crippen LogP contribution in [0.1, 0.15) is 36.0 Å². The summed E-state index contributed by atoms with van der Waals surface area (Å²) in [6.45, 7) is 0. The number of aromatic nitrogens is 5. The first-order chi connectivity index (χ1) is 14.5. The lowest BCUT2D eigenvalue weighted by Gasteiger charge is -2.30. The minimum absolute atomic E-state index is 0.0235. The molecule has 1 aliphatic rings. The molecule has 0 radical (unpaired) electrons. The van der Waals surface area contributed by atoms with Gasteiger partial charge in [-0.1, -0.05) is 12.8 Å². The van der Waals surface area contributed by atoms with Gasteiger partial charge in [0.05, 0.1) is 5.56 Å². The van der Waals surface area contributed by atoms with E-state index in [0.717, 1.165) is 31.7 Å². The van der Waals surface area contributed by atoms with Crippen LogP contribution in [0.2, 0.25) is 0 Å². The van der Waals surface area contributed by atoms with E-state index in [0.29, 0.717) is 11.5 Å². The van der Waals surface area contributed by atoms with Crippen LogP contribution >= 0.6 is 0 Å². The van der Waals surface area contributed by atoms with Crippen molar-refractivity contribution in [1.82, 2.24) is 24.7 Å². The van der Waals surface area contributed by atoms with Gasteiger partial charge in [-0.3, -0.25) is 4.79 Å². The zero-order chi connectivity index (χ0) is 21.1. The number of nitrogens with two attached hydrogens (primary N) is 2. The molecule has 156 valence electrons. The number of rotatable bonds is 6. The third-order valence-electron chi connectivity index (χ3n) is 5.04. The van der Waals surface area contributed by atoms with Crippen LogP contribution in [0.25, 0.3) is 5.82 Å². The van der Waals surface area contributed by atoms with Crippen molar-refractivity contribution in [3.05, 3.63) is 48.4 Å². The number of primary amides is 1. The third kappa shape index (κ3) is 4.20. The van der Waals surface area contributed by atoms with E-state index in [1.807, 2.05) is 0 Å². The fourth-order valence-corrected chi connectivity index (χ4v) is 3.47. The van der Waals surface area contributed by atoms with Gasteiger partial charge in [-0.05, 0) is 25.0 Å². The van der Waals surface area contributed by atoms with E-state index >= 15 is 0 Å². The normalized spacial score (nSPS) is 18.7. The van der Waals surface area contributed by atoms with Crippen LogP contribution in [-0.4, -0.2) is 42.7 Å². The summed E-state index contributed by atoms with van der Waals surface area (Å²) >= 11 is 0. The number of hydrogen-bond acceptors (Lipinski definition) is 8. The topological polar surface area (TPSA) is 150 Å². The number of pyridine rings is 2. The SMILES string of the molecule is NC(=O)c1cc(F)c(NC2CCCCC2N)nc1Nc1ccnc(-n2cncn2)c1. The van der Waals surface area contributed by atoms with E-state index in [1.165, 1.54) is 17.3 Å². The molecule has 1 saturated carbocycles. The van der Waals surface area contributed by atoms with Crippen LogP contribution in [0.3, 0.4) is 0 Å². The number of nitrogens with one attached hydrogen (secondary N) is 2.